The van der Waals surface area contributed by atoms with Gasteiger partial charge in [-0.15, -0.1) is 0 Å². The third-order valence-corrected chi connectivity index (χ3v) is 6.62. The zero-order valence-electron chi connectivity index (χ0n) is 19.5. The number of allylic oxidation sites excluding steroid dienone is 1. The minimum absolute atomic E-state index is 0.0822. The highest BCUT2D eigenvalue weighted by Gasteiger charge is 2.26. The van der Waals surface area contributed by atoms with Gasteiger partial charge in [0.2, 0.25) is 0 Å². The van der Waals surface area contributed by atoms with Crippen molar-refractivity contribution < 1.29 is 17.9 Å². The summed E-state index contributed by atoms with van der Waals surface area (Å²) < 4.78 is 35.5. The first-order valence-corrected chi connectivity index (χ1v) is 11.9. The SMILES string of the molecule is C=C(C)c1cc(C(=O)NS(=O)(=O)c2cc(C(C)(C)C)ccc2OC)ccc1Cn1cccn1. The molecule has 0 radical (unpaired) electrons. The van der Waals surface area contributed by atoms with Crippen molar-refractivity contribution >= 4 is 21.5 Å². The third kappa shape index (κ3) is 5.51. The van der Waals surface area contributed by atoms with Crippen LogP contribution in [0.3, 0.4) is 0 Å². The lowest BCUT2D eigenvalue weighted by molar-refractivity contribution is 0.0981. The van der Waals surface area contributed by atoms with E-state index in [1.54, 1.807) is 41.2 Å². The average molecular weight is 468 g/mol. The zero-order chi connectivity index (χ0) is 24.4. The Morgan fingerprint density at radius 2 is 1.91 bits per heavy atom. The van der Waals surface area contributed by atoms with Crippen LogP contribution in [0.15, 0.2) is 66.3 Å². The molecule has 0 bridgehead atoms. The fourth-order valence-corrected chi connectivity index (χ4v) is 4.58. The van der Waals surface area contributed by atoms with Gasteiger partial charge >= 0.3 is 0 Å². The molecule has 0 saturated carbocycles. The molecule has 0 saturated heterocycles. The van der Waals surface area contributed by atoms with E-state index in [4.69, 9.17) is 4.74 Å². The van der Waals surface area contributed by atoms with Crippen LogP contribution in [0, 0.1) is 0 Å². The van der Waals surface area contributed by atoms with Gasteiger partial charge in [-0.2, -0.15) is 5.10 Å². The van der Waals surface area contributed by atoms with Gasteiger partial charge < -0.3 is 4.74 Å². The first-order valence-electron chi connectivity index (χ1n) is 10.4. The van der Waals surface area contributed by atoms with Crippen LogP contribution in [0.2, 0.25) is 0 Å². The average Bonchev–Trinajstić information content (AvgIpc) is 3.25. The van der Waals surface area contributed by atoms with Crippen molar-refractivity contribution in [3.05, 3.63) is 83.7 Å². The summed E-state index contributed by atoms with van der Waals surface area (Å²) in [5.41, 5.74) is 3.19. The van der Waals surface area contributed by atoms with E-state index in [0.29, 0.717) is 6.54 Å². The highest BCUT2D eigenvalue weighted by Crippen LogP contribution is 2.31. The smallest absolute Gasteiger partial charge is 0.268 e. The summed E-state index contributed by atoms with van der Waals surface area (Å²) in [5.74, 6) is -0.563. The first kappa shape index (κ1) is 24.3. The molecule has 1 amide bonds. The quantitative estimate of drug-likeness (QED) is 0.557. The van der Waals surface area contributed by atoms with E-state index in [2.05, 4.69) is 16.4 Å². The molecule has 0 atom stereocenters. The van der Waals surface area contributed by atoms with Gasteiger partial charge in [0.25, 0.3) is 15.9 Å². The predicted molar refractivity (Wildman–Crippen MR) is 129 cm³/mol. The molecular weight excluding hydrogens is 438 g/mol. The summed E-state index contributed by atoms with van der Waals surface area (Å²) in [6.07, 6.45) is 3.53. The molecule has 2 aromatic carbocycles. The van der Waals surface area contributed by atoms with Crippen LogP contribution < -0.4 is 9.46 Å². The van der Waals surface area contributed by atoms with E-state index in [1.807, 2.05) is 46.0 Å². The Morgan fingerprint density at radius 1 is 1.18 bits per heavy atom. The molecule has 0 aliphatic rings. The van der Waals surface area contributed by atoms with Crippen LogP contribution in [0.1, 0.15) is 54.7 Å². The van der Waals surface area contributed by atoms with E-state index in [1.165, 1.54) is 7.11 Å². The van der Waals surface area contributed by atoms with Crippen molar-refractivity contribution in [3.8, 4) is 5.75 Å². The lowest BCUT2D eigenvalue weighted by Crippen LogP contribution is -2.31. The second-order valence-corrected chi connectivity index (χ2v) is 10.6. The van der Waals surface area contributed by atoms with Crippen molar-refractivity contribution in [1.82, 2.24) is 14.5 Å². The van der Waals surface area contributed by atoms with E-state index in [9.17, 15) is 13.2 Å². The zero-order valence-corrected chi connectivity index (χ0v) is 20.4. The normalized spacial score (nSPS) is 11.8. The van der Waals surface area contributed by atoms with E-state index >= 15 is 0 Å². The third-order valence-electron chi connectivity index (χ3n) is 5.27. The molecule has 3 aromatic rings. The number of aromatic nitrogens is 2. The fourth-order valence-electron chi connectivity index (χ4n) is 3.41. The Morgan fingerprint density at radius 3 is 2.48 bits per heavy atom. The molecule has 8 heteroatoms. The molecule has 3 rings (SSSR count). The molecule has 0 aliphatic carbocycles. The summed E-state index contributed by atoms with van der Waals surface area (Å²) in [5, 5.41) is 4.21. The van der Waals surface area contributed by atoms with Crippen LogP contribution >= 0.6 is 0 Å². The van der Waals surface area contributed by atoms with Gasteiger partial charge in [0.15, 0.2) is 0 Å². The van der Waals surface area contributed by atoms with Crippen molar-refractivity contribution in [2.24, 2.45) is 0 Å². The number of carbonyl (C=O) groups excluding carboxylic acids is 1. The molecule has 33 heavy (non-hydrogen) atoms. The van der Waals surface area contributed by atoms with E-state index < -0.39 is 15.9 Å². The summed E-state index contributed by atoms with van der Waals surface area (Å²) in [7, 11) is -2.79. The maximum Gasteiger partial charge on any atom is 0.268 e. The number of ether oxygens (including phenoxy) is 1. The molecule has 1 aromatic heterocycles. The van der Waals surface area contributed by atoms with Crippen LogP contribution in [-0.4, -0.2) is 31.2 Å². The summed E-state index contributed by atoms with van der Waals surface area (Å²) >= 11 is 0. The number of nitrogens with one attached hydrogen (secondary N) is 1. The van der Waals surface area contributed by atoms with Gasteiger partial charge in [-0.1, -0.05) is 45.1 Å². The molecule has 0 aliphatic heterocycles. The molecule has 1 heterocycles. The van der Waals surface area contributed by atoms with Crippen molar-refractivity contribution in [3.63, 3.8) is 0 Å². The lowest BCUT2D eigenvalue weighted by Gasteiger charge is -2.21. The van der Waals surface area contributed by atoms with E-state index in [-0.39, 0.29) is 21.6 Å². The Hall–Kier alpha value is -3.39. The highest BCUT2D eigenvalue weighted by molar-refractivity contribution is 7.90. The number of amides is 1. The number of methoxy groups -OCH3 is 1. The molecule has 1 N–H and O–H groups in total. The standard InChI is InChI=1S/C25H29N3O4S/c1-17(2)21-14-18(8-9-19(21)16-28-13-7-12-26-28)24(29)27-33(30,31)23-15-20(25(3,4)5)10-11-22(23)32-6/h7-15H,1,16H2,2-6H3,(H,27,29). The van der Waals surface area contributed by atoms with Crippen LogP contribution in [0.4, 0.5) is 0 Å². The van der Waals surface area contributed by atoms with Gasteiger partial charge in [0, 0.05) is 18.0 Å². The first-order chi connectivity index (χ1) is 15.4. The van der Waals surface area contributed by atoms with Gasteiger partial charge in [0.1, 0.15) is 10.6 Å². The Labute approximate surface area is 195 Å². The molecule has 0 fully saturated rings. The number of rotatable bonds is 7. The number of sulfonamides is 1. The Balaban J connectivity index is 1.93. The van der Waals surface area contributed by atoms with Crippen LogP contribution in [0.25, 0.3) is 5.57 Å². The highest BCUT2D eigenvalue weighted by atomic mass is 32.2. The lowest BCUT2D eigenvalue weighted by atomic mass is 9.87. The Kier molecular flexibility index (Phi) is 6.78. The predicted octanol–water partition coefficient (Wildman–Crippen LogP) is 4.39. The summed E-state index contributed by atoms with van der Waals surface area (Å²) in [6.45, 7) is 12.3. The number of hydrogen-bond donors (Lipinski definition) is 1. The molecule has 174 valence electrons. The minimum Gasteiger partial charge on any atom is -0.495 e. The summed E-state index contributed by atoms with van der Waals surface area (Å²) in [6, 6.07) is 11.8. The largest absolute Gasteiger partial charge is 0.495 e. The second kappa shape index (κ2) is 9.23. The monoisotopic (exact) mass is 467 g/mol. The van der Waals surface area contributed by atoms with Gasteiger partial charge in [-0.25, -0.2) is 13.1 Å². The topological polar surface area (TPSA) is 90.3 Å². The molecule has 7 nitrogen and oxygen atoms in total. The van der Waals surface area contributed by atoms with Gasteiger partial charge in [0.05, 0.1) is 13.7 Å². The van der Waals surface area contributed by atoms with Crippen LogP contribution in [-0.2, 0) is 22.0 Å². The number of benzene rings is 2. The van der Waals surface area contributed by atoms with Crippen molar-refractivity contribution in [2.75, 3.05) is 7.11 Å². The summed E-state index contributed by atoms with van der Waals surface area (Å²) in [4.78, 5) is 12.9. The van der Waals surface area contributed by atoms with Gasteiger partial charge in [-0.05, 0) is 59.4 Å². The minimum atomic E-state index is -4.18. The molecular formula is C25H29N3O4S. The Bertz CT molecular complexity index is 1290. The molecule has 0 unspecified atom stereocenters. The number of hydrogen-bond acceptors (Lipinski definition) is 5. The maximum absolute atomic E-state index is 13.1. The fraction of sp³-hybridized carbons (Fsp3) is 0.280. The number of nitrogens with zero attached hydrogens (tertiary/aromatic N) is 2. The maximum atomic E-state index is 13.1. The van der Waals surface area contributed by atoms with Crippen molar-refractivity contribution in [1.29, 1.82) is 0 Å². The van der Waals surface area contributed by atoms with Crippen LogP contribution in [0.5, 0.6) is 5.75 Å². The van der Waals surface area contributed by atoms with Gasteiger partial charge in [-0.3, -0.25) is 9.48 Å². The van der Waals surface area contributed by atoms with Crippen molar-refractivity contribution in [2.45, 2.75) is 44.6 Å². The second-order valence-electron chi connectivity index (χ2n) is 8.91. The number of carbonyl (C=O) groups is 1. The molecule has 0 spiro atoms. The van der Waals surface area contributed by atoms with E-state index in [0.717, 1.165) is 22.3 Å².